The first-order valence-electron chi connectivity index (χ1n) is 3.24. The second-order valence-electron chi connectivity index (χ2n) is 2.14. The van der Waals surface area contributed by atoms with E-state index in [0.29, 0.717) is 0 Å². The fraction of sp³-hybridized carbons (Fsp3) is 0.375. The fourth-order valence-corrected chi connectivity index (χ4v) is 0.847. The molecule has 1 fully saturated rings. The Hall–Kier alpha value is -0.0400. The average Bonchev–Trinajstić information content (AvgIpc) is 2.37. The molecule has 0 aromatic carbocycles. The van der Waals surface area contributed by atoms with Gasteiger partial charge in [0.2, 0.25) is 0 Å². The first-order valence-corrected chi connectivity index (χ1v) is 3.24. The van der Waals surface area contributed by atoms with E-state index in [1.54, 1.807) is 0 Å². The van der Waals surface area contributed by atoms with Crippen molar-refractivity contribution in [2.75, 3.05) is 0 Å². The zero-order valence-corrected chi connectivity index (χ0v) is 5.54. The molecule has 5 radical (unpaired) electrons. The second kappa shape index (κ2) is 3.21. The average molecular weight is 123 g/mol. The molecule has 1 heteroatoms. The Bertz CT molecular complexity index is 74.6. The third-order valence-electron chi connectivity index (χ3n) is 1.46. The summed E-state index contributed by atoms with van der Waals surface area (Å²) in [5.74, 6) is 1.03. The van der Waals surface area contributed by atoms with Crippen molar-refractivity contribution in [3.05, 3.63) is 31.6 Å². The number of aliphatic hydroxyl groups excluding tert-OH is 1. The predicted molar refractivity (Wildman–Crippen MR) is 36.7 cm³/mol. The quantitative estimate of drug-likeness (QED) is 0.584. The van der Waals surface area contributed by atoms with E-state index in [9.17, 15) is 5.11 Å². The summed E-state index contributed by atoms with van der Waals surface area (Å²) in [6.45, 7) is 1.97. The van der Waals surface area contributed by atoms with E-state index in [1.165, 1.54) is 0 Å². The van der Waals surface area contributed by atoms with Gasteiger partial charge in [0.25, 0.3) is 0 Å². The number of hydrogen-bond acceptors (Lipinski definition) is 1. The van der Waals surface area contributed by atoms with Gasteiger partial charge in [0, 0.05) is 5.92 Å². The van der Waals surface area contributed by atoms with Crippen LogP contribution in [0.5, 0.6) is 0 Å². The second-order valence-corrected chi connectivity index (χ2v) is 2.14. The minimum absolute atomic E-state index is 0.264. The molecule has 0 saturated heterocycles. The van der Waals surface area contributed by atoms with Crippen LogP contribution < -0.4 is 0 Å². The van der Waals surface area contributed by atoms with Gasteiger partial charge in [-0.05, 0) is 32.1 Å². The maximum Gasteiger partial charge on any atom is 0.0606 e. The van der Waals surface area contributed by atoms with Gasteiger partial charge < -0.3 is 5.11 Å². The SMILES string of the molecule is CC[C@H](O)[C]1[CH][CH][CH][CH]1. The lowest BCUT2D eigenvalue weighted by Gasteiger charge is -2.12. The Morgan fingerprint density at radius 1 is 1.44 bits per heavy atom. The largest absolute Gasteiger partial charge is 0.393 e. The van der Waals surface area contributed by atoms with Gasteiger partial charge in [-0.15, -0.1) is 0 Å². The zero-order valence-electron chi connectivity index (χ0n) is 5.54. The first-order chi connectivity index (χ1) is 4.34. The summed E-state index contributed by atoms with van der Waals surface area (Å²) in [7, 11) is 0. The van der Waals surface area contributed by atoms with Crippen LogP contribution >= 0.6 is 0 Å². The van der Waals surface area contributed by atoms with E-state index in [4.69, 9.17) is 0 Å². The molecule has 0 unspecified atom stereocenters. The van der Waals surface area contributed by atoms with Crippen LogP contribution in [0.15, 0.2) is 0 Å². The summed E-state index contributed by atoms with van der Waals surface area (Å²) < 4.78 is 0. The minimum Gasteiger partial charge on any atom is -0.393 e. The third kappa shape index (κ3) is 1.68. The molecule has 0 aliphatic heterocycles. The molecule has 1 aliphatic rings. The molecular formula is C8H11O. The Kier molecular flexibility index (Phi) is 2.52. The summed E-state index contributed by atoms with van der Waals surface area (Å²) in [5, 5.41) is 9.22. The van der Waals surface area contributed by atoms with Crippen molar-refractivity contribution in [2.24, 2.45) is 0 Å². The lowest BCUT2D eigenvalue weighted by Crippen LogP contribution is -2.14. The maximum atomic E-state index is 9.22. The van der Waals surface area contributed by atoms with Crippen LogP contribution in [0.25, 0.3) is 0 Å². The summed E-state index contributed by atoms with van der Waals surface area (Å²) in [6, 6.07) is 0. The first kappa shape index (κ1) is 7.07. The monoisotopic (exact) mass is 123 g/mol. The van der Waals surface area contributed by atoms with E-state index in [2.05, 4.69) is 0 Å². The van der Waals surface area contributed by atoms with Gasteiger partial charge in [-0.3, -0.25) is 0 Å². The van der Waals surface area contributed by atoms with Crippen molar-refractivity contribution in [3.8, 4) is 0 Å². The van der Waals surface area contributed by atoms with Crippen LogP contribution in [0.4, 0.5) is 0 Å². The lowest BCUT2D eigenvalue weighted by atomic mass is 9.99. The van der Waals surface area contributed by atoms with Crippen molar-refractivity contribution in [3.63, 3.8) is 0 Å². The zero-order chi connectivity index (χ0) is 6.69. The minimum atomic E-state index is -0.264. The summed E-state index contributed by atoms with van der Waals surface area (Å²) in [6.07, 6.45) is 8.29. The molecule has 0 amide bonds. The van der Waals surface area contributed by atoms with Gasteiger partial charge in [-0.1, -0.05) is 6.92 Å². The van der Waals surface area contributed by atoms with Gasteiger partial charge >= 0.3 is 0 Å². The van der Waals surface area contributed by atoms with Crippen molar-refractivity contribution in [2.45, 2.75) is 19.4 Å². The molecule has 0 aromatic rings. The third-order valence-corrected chi connectivity index (χ3v) is 1.46. The van der Waals surface area contributed by atoms with E-state index in [-0.39, 0.29) is 6.10 Å². The Morgan fingerprint density at radius 3 is 2.44 bits per heavy atom. The van der Waals surface area contributed by atoms with E-state index in [1.807, 2.05) is 32.6 Å². The smallest absolute Gasteiger partial charge is 0.0606 e. The Labute approximate surface area is 57.1 Å². The fourth-order valence-electron chi connectivity index (χ4n) is 0.847. The van der Waals surface area contributed by atoms with Gasteiger partial charge in [0.15, 0.2) is 0 Å². The molecular weight excluding hydrogens is 112 g/mol. The van der Waals surface area contributed by atoms with Gasteiger partial charge in [-0.2, -0.15) is 0 Å². The molecule has 1 aliphatic carbocycles. The van der Waals surface area contributed by atoms with Gasteiger partial charge in [0.05, 0.1) is 6.10 Å². The number of rotatable bonds is 2. The van der Waals surface area contributed by atoms with E-state index >= 15 is 0 Å². The molecule has 0 heterocycles. The molecule has 1 rings (SSSR count). The van der Waals surface area contributed by atoms with Crippen LogP contribution in [0.2, 0.25) is 0 Å². The van der Waals surface area contributed by atoms with Crippen LogP contribution in [-0.2, 0) is 0 Å². The normalized spacial score (nSPS) is 24.7. The predicted octanol–water partition coefficient (Wildman–Crippen LogP) is 1.16. The molecule has 1 nitrogen and oxygen atoms in total. The number of aliphatic hydroxyl groups is 1. The molecule has 0 aromatic heterocycles. The van der Waals surface area contributed by atoms with E-state index < -0.39 is 0 Å². The summed E-state index contributed by atoms with van der Waals surface area (Å²) >= 11 is 0. The standard InChI is InChI=1S/C8H11O/c1-2-8(9)7-5-3-4-6-7/h3-6,8-9H,2H2,1H3/t8-/m0/s1. The molecule has 49 valence electrons. The molecule has 0 spiro atoms. The molecule has 1 saturated carbocycles. The maximum absolute atomic E-state index is 9.22. The Morgan fingerprint density at radius 2 is 2.00 bits per heavy atom. The van der Waals surface area contributed by atoms with Crippen LogP contribution in [0.3, 0.4) is 0 Å². The van der Waals surface area contributed by atoms with Crippen molar-refractivity contribution in [1.29, 1.82) is 0 Å². The van der Waals surface area contributed by atoms with Crippen LogP contribution in [0.1, 0.15) is 13.3 Å². The topological polar surface area (TPSA) is 20.2 Å². The molecule has 1 atom stereocenters. The highest BCUT2D eigenvalue weighted by molar-refractivity contribution is 5.37. The molecule has 9 heavy (non-hydrogen) atoms. The number of hydrogen-bond donors (Lipinski definition) is 1. The van der Waals surface area contributed by atoms with E-state index in [0.717, 1.165) is 12.3 Å². The Balaban J connectivity index is 2.24. The summed E-state index contributed by atoms with van der Waals surface area (Å²) in [5.41, 5.74) is 0. The molecule has 1 N–H and O–H groups in total. The highest BCUT2D eigenvalue weighted by Crippen LogP contribution is 2.27. The highest BCUT2D eigenvalue weighted by Gasteiger charge is 2.22. The van der Waals surface area contributed by atoms with Gasteiger partial charge in [-0.25, -0.2) is 0 Å². The summed E-state index contributed by atoms with van der Waals surface area (Å²) in [4.78, 5) is 0. The lowest BCUT2D eigenvalue weighted by molar-refractivity contribution is 0.192. The molecule has 0 bridgehead atoms. The highest BCUT2D eigenvalue weighted by atomic mass is 16.3. The van der Waals surface area contributed by atoms with Crippen molar-refractivity contribution >= 4 is 0 Å². The van der Waals surface area contributed by atoms with Crippen molar-refractivity contribution < 1.29 is 5.11 Å². The van der Waals surface area contributed by atoms with Crippen LogP contribution in [-0.4, -0.2) is 11.2 Å². The van der Waals surface area contributed by atoms with Crippen LogP contribution in [0, 0.1) is 31.6 Å². The van der Waals surface area contributed by atoms with Gasteiger partial charge in [0.1, 0.15) is 0 Å². The van der Waals surface area contributed by atoms with Crippen molar-refractivity contribution in [1.82, 2.24) is 0 Å².